The van der Waals surface area contributed by atoms with Crippen molar-refractivity contribution in [3.8, 4) is 0 Å². The average molecular weight is 303 g/mol. The molecule has 0 fully saturated rings. The Balaban J connectivity index is 2.28. The van der Waals surface area contributed by atoms with E-state index in [1.165, 1.54) is 12.1 Å². The summed E-state index contributed by atoms with van der Waals surface area (Å²) in [4.78, 5) is 15.6. The van der Waals surface area contributed by atoms with Crippen LogP contribution in [0, 0.1) is 11.6 Å². The van der Waals surface area contributed by atoms with Gasteiger partial charge in [-0.25, -0.2) is 13.8 Å². The smallest absolute Gasteiger partial charge is 0.275 e. The van der Waals surface area contributed by atoms with Gasteiger partial charge in [-0.2, -0.15) is 0 Å². The highest BCUT2D eigenvalue weighted by atomic mass is 35.5. The lowest BCUT2D eigenvalue weighted by molar-refractivity contribution is 0.102. The maximum atomic E-state index is 13.4. The molecule has 3 nitrogen and oxygen atoms in total. The van der Waals surface area contributed by atoms with Gasteiger partial charge in [0.2, 0.25) is 0 Å². The fraction of sp³-hybridized carbons (Fsp3) is 0. The van der Waals surface area contributed by atoms with E-state index in [4.69, 9.17) is 23.2 Å². The second-order valence-electron chi connectivity index (χ2n) is 3.54. The highest BCUT2D eigenvalue weighted by Gasteiger charge is 2.15. The standard InChI is InChI=1S/C12H6Cl2F2N2O/c13-7-2-4-10(14)18-11(7)12(19)17-9-3-1-6(15)5-8(9)16/h1-5H,(H,17,19). The fourth-order valence-electron chi connectivity index (χ4n) is 1.35. The molecule has 7 heteroatoms. The summed E-state index contributed by atoms with van der Waals surface area (Å²) in [5.74, 6) is -2.38. The zero-order valence-corrected chi connectivity index (χ0v) is 10.8. The Kier molecular flexibility index (Phi) is 3.97. The molecule has 2 aromatic rings. The summed E-state index contributed by atoms with van der Waals surface area (Å²) in [5.41, 5.74) is -0.317. The molecule has 1 aromatic heterocycles. The van der Waals surface area contributed by atoms with Gasteiger partial charge in [0.15, 0.2) is 0 Å². The second kappa shape index (κ2) is 5.50. The van der Waals surface area contributed by atoms with Crippen LogP contribution in [0.25, 0.3) is 0 Å². The maximum Gasteiger partial charge on any atom is 0.275 e. The van der Waals surface area contributed by atoms with E-state index in [2.05, 4.69) is 10.3 Å². The molecule has 0 radical (unpaired) electrons. The summed E-state index contributed by atoms with van der Waals surface area (Å²) in [6.45, 7) is 0. The second-order valence-corrected chi connectivity index (χ2v) is 4.34. The van der Waals surface area contributed by atoms with Crippen LogP contribution in [0.15, 0.2) is 30.3 Å². The van der Waals surface area contributed by atoms with E-state index < -0.39 is 17.5 Å². The number of halogens is 4. The number of aromatic nitrogens is 1. The monoisotopic (exact) mass is 302 g/mol. The molecule has 0 aliphatic rings. The number of nitrogens with one attached hydrogen (secondary N) is 1. The van der Waals surface area contributed by atoms with Gasteiger partial charge in [0, 0.05) is 6.07 Å². The minimum Gasteiger partial charge on any atom is -0.318 e. The predicted molar refractivity (Wildman–Crippen MR) is 68.6 cm³/mol. The average Bonchev–Trinajstić information content (AvgIpc) is 2.35. The molecule has 19 heavy (non-hydrogen) atoms. The van der Waals surface area contributed by atoms with Crippen LogP contribution in [-0.4, -0.2) is 10.9 Å². The molecule has 0 unspecified atom stereocenters. The van der Waals surface area contributed by atoms with Crippen LogP contribution >= 0.6 is 23.2 Å². The molecule has 1 N–H and O–H groups in total. The first-order chi connectivity index (χ1) is 8.97. The van der Waals surface area contributed by atoms with E-state index in [0.717, 1.165) is 12.1 Å². The van der Waals surface area contributed by atoms with Crippen molar-refractivity contribution in [2.75, 3.05) is 5.32 Å². The zero-order valence-electron chi connectivity index (χ0n) is 9.25. The molecule has 0 bridgehead atoms. The normalized spacial score (nSPS) is 10.3. The summed E-state index contributed by atoms with van der Waals surface area (Å²) in [6, 6.07) is 5.58. The van der Waals surface area contributed by atoms with Crippen molar-refractivity contribution < 1.29 is 13.6 Å². The Labute approximate surface area is 117 Å². The third-order valence-corrected chi connectivity index (χ3v) is 2.72. The Bertz CT molecular complexity index is 650. The minimum absolute atomic E-state index is 0.0735. The van der Waals surface area contributed by atoms with E-state index in [-0.39, 0.29) is 21.6 Å². The summed E-state index contributed by atoms with van der Waals surface area (Å²) >= 11 is 11.4. The molecule has 0 aliphatic heterocycles. The van der Waals surface area contributed by atoms with E-state index in [0.29, 0.717) is 6.07 Å². The van der Waals surface area contributed by atoms with E-state index in [1.54, 1.807) is 0 Å². The van der Waals surface area contributed by atoms with E-state index in [9.17, 15) is 13.6 Å². The highest BCUT2D eigenvalue weighted by molar-refractivity contribution is 6.35. The van der Waals surface area contributed by atoms with E-state index >= 15 is 0 Å². The first-order valence-electron chi connectivity index (χ1n) is 5.06. The summed E-state index contributed by atoms with van der Waals surface area (Å²) in [6.07, 6.45) is 0. The topological polar surface area (TPSA) is 42.0 Å². The van der Waals surface area contributed by atoms with Crippen molar-refractivity contribution in [2.24, 2.45) is 0 Å². The molecule has 0 saturated heterocycles. The number of carbonyl (C=O) groups excluding carboxylic acids is 1. The zero-order chi connectivity index (χ0) is 14.0. The van der Waals surface area contributed by atoms with Gasteiger partial charge in [-0.1, -0.05) is 23.2 Å². The van der Waals surface area contributed by atoms with Crippen LogP contribution in [0.2, 0.25) is 10.2 Å². The van der Waals surface area contributed by atoms with Crippen LogP contribution in [-0.2, 0) is 0 Å². The summed E-state index contributed by atoms with van der Waals surface area (Å²) < 4.78 is 26.1. The molecular formula is C12H6Cl2F2N2O. The van der Waals surface area contributed by atoms with Gasteiger partial charge in [0.25, 0.3) is 5.91 Å². The highest BCUT2D eigenvalue weighted by Crippen LogP contribution is 2.20. The first kappa shape index (κ1) is 13.7. The lowest BCUT2D eigenvalue weighted by atomic mass is 10.2. The van der Waals surface area contributed by atoms with Crippen molar-refractivity contribution in [2.45, 2.75) is 0 Å². The number of amides is 1. The molecule has 98 valence electrons. The lowest BCUT2D eigenvalue weighted by Gasteiger charge is -2.07. The molecular weight excluding hydrogens is 297 g/mol. The SMILES string of the molecule is O=C(Nc1ccc(F)cc1F)c1nc(Cl)ccc1Cl. The molecule has 0 spiro atoms. The summed E-state index contributed by atoms with van der Waals surface area (Å²) in [7, 11) is 0. The van der Waals surface area contributed by atoms with Crippen molar-refractivity contribution >= 4 is 34.8 Å². The lowest BCUT2D eigenvalue weighted by Crippen LogP contribution is -2.15. The fourth-order valence-corrected chi connectivity index (χ4v) is 1.69. The number of nitrogens with zero attached hydrogens (tertiary/aromatic N) is 1. The largest absolute Gasteiger partial charge is 0.318 e. The van der Waals surface area contributed by atoms with Crippen LogP contribution in [0.3, 0.4) is 0 Å². The van der Waals surface area contributed by atoms with Crippen LogP contribution in [0.4, 0.5) is 14.5 Å². The van der Waals surface area contributed by atoms with Gasteiger partial charge in [-0.05, 0) is 24.3 Å². The quantitative estimate of drug-likeness (QED) is 0.854. The Morgan fingerprint density at radius 1 is 1.16 bits per heavy atom. The molecule has 0 aliphatic carbocycles. The predicted octanol–water partition coefficient (Wildman–Crippen LogP) is 3.92. The van der Waals surface area contributed by atoms with E-state index in [1.807, 2.05) is 0 Å². The number of benzene rings is 1. The van der Waals surface area contributed by atoms with Gasteiger partial charge in [-0.15, -0.1) is 0 Å². The molecule has 0 atom stereocenters. The van der Waals surface area contributed by atoms with Crippen molar-refractivity contribution in [3.05, 3.63) is 57.8 Å². The Morgan fingerprint density at radius 3 is 2.58 bits per heavy atom. The van der Waals surface area contributed by atoms with Gasteiger partial charge < -0.3 is 5.32 Å². The number of hydrogen-bond acceptors (Lipinski definition) is 2. The number of anilines is 1. The van der Waals surface area contributed by atoms with Crippen LogP contribution < -0.4 is 5.32 Å². The van der Waals surface area contributed by atoms with Crippen molar-refractivity contribution in [3.63, 3.8) is 0 Å². The molecule has 1 amide bonds. The maximum absolute atomic E-state index is 13.4. The van der Waals surface area contributed by atoms with Crippen LogP contribution in [0.5, 0.6) is 0 Å². The van der Waals surface area contributed by atoms with Crippen molar-refractivity contribution in [1.29, 1.82) is 0 Å². The minimum atomic E-state index is -0.897. The van der Waals surface area contributed by atoms with Gasteiger partial charge in [0.1, 0.15) is 22.5 Å². The van der Waals surface area contributed by atoms with Crippen molar-refractivity contribution in [1.82, 2.24) is 4.98 Å². The molecule has 2 rings (SSSR count). The first-order valence-corrected chi connectivity index (χ1v) is 5.81. The Morgan fingerprint density at radius 2 is 1.89 bits per heavy atom. The molecule has 1 aromatic carbocycles. The van der Waals surface area contributed by atoms with Crippen LogP contribution in [0.1, 0.15) is 10.5 Å². The third kappa shape index (κ3) is 3.19. The molecule has 1 heterocycles. The summed E-state index contributed by atoms with van der Waals surface area (Å²) in [5, 5.41) is 2.39. The van der Waals surface area contributed by atoms with Gasteiger partial charge in [-0.3, -0.25) is 4.79 Å². The van der Waals surface area contributed by atoms with Gasteiger partial charge >= 0.3 is 0 Å². The number of hydrogen-bond donors (Lipinski definition) is 1. The van der Waals surface area contributed by atoms with Gasteiger partial charge in [0.05, 0.1) is 10.7 Å². The number of rotatable bonds is 2. The number of carbonyl (C=O) groups is 1. The Hall–Kier alpha value is -1.72. The number of pyridine rings is 1. The third-order valence-electron chi connectivity index (χ3n) is 2.21. The molecule has 0 saturated carbocycles.